The minimum absolute atomic E-state index is 0. The molecule has 0 heterocycles. The van der Waals surface area contributed by atoms with Crippen LogP contribution in [0.15, 0.2) is 24.3 Å². The second-order valence-electron chi connectivity index (χ2n) is 6.12. The van der Waals surface area contributed by atoms with Crippen LogP contribution in [0.25, 0.3) is 0 Å². The quantitative estimate of drug-likeness (QED) is 0.931. The molecule has 2 rings (SSSR count). The molecular formula is C16H24ClFN2O. The molecule has 1 saturated carbocycles. The molecule has 0 spiro atoms. The summed E-state index contributed by atoms with van der Waals surface area (Å²) < 4.78 is 12.9. The van der Waals surface area contributed by atoms with Crippen molar-refractivity contribution in [2.24, 2.45) is 11.7 Å². The molecule has 1 aliphatic carbocycles. The van der Waals surface area contributed by atoms with E-state index in [1.165, 1.54) is 12.1 Å². The van der Waals surface area contributed by atoms with Gasteiger partial charge in [-0.25, -0.2) is 4.39 Å². The maximum absolute atomic E-state index is 12.9. The van der Waals surface area contributed by atoms with E-state index in [0.717, 1.165) is 31.2 Å². The van der Waals surface area contributed by atoms with Crippen LogP contribution in [0, 0.1) is 11.7 Å². The van der Waals surface area contributed by atoms with E-state index in [1.807, 2.05) is 6.92 Å². The van der Waals surface area contributed by atoms with Crippen LogP contribution in [0.5, 0.6) is 0 Å². The van der Waals surface area contributed by atoms with E-state index < -0.39 is 5.54 Å². The van der Waals surface area contributed by atoms with Crippen LogP contribution in [0.1, 0.15) is 38.2 Å². The topological polar surface area (TPSA) is 46.3 Å². The van der Waals surface area contributed by atoms with E-state index in [1.54, 1.807) is 24.1 Å². The van der Waals surface area contributed by atoms with Crippen LogP contribution in [-0.2, 0) is 11.3 Å². The molecule has 0 aliphatic heterocycles. The van der Waals surface area contributed by atoms with Crippen LogP contribution in [0.3, 0.4) is 0 Å². The molecule has 21 heavy (non-hydrogen) atoms. The lowest BCUT2D eigenvalue weighted by molar-refractivity contribution is -0.138. The van der Waals surface area contributed by atoms with Crippen molar-refractivity contribution >= 4 is 18.3 Å². The molecule has 3 nitrogen and oxygen atoms in total. The zero-order valence-corrected chi connectivity index (χ0v) is 13.5. The second kappa shape index (κ2) is 7.23. The van der Waals surface area contributed by atoms with Crippen molar-refractivity contribution in [1.82, 2.24) is 4.90 Å². The second-order valence-corrected chi connectivity index (χ2v) is 6.12. The van der Waals surface area contributed by atoms with E-state index in [9.17, 15) is 9.18 Å². The molecule has 5 heteroatoms. The van der Waals surface area contributed by atoms with Crippen LogP contribution in [0.4, 0.5) is 4.39 Å². The van der Waals surface area contributed by atoms with E-state index in [-0.39, 0.29) is 30.0 Å². The lowest BCUT2D eigenvalue weighted by atomic mass is 9.74. The number of carbonyl (C=O) groups excluding carboxylic acids is 1. The first-order valence-electron chi connectivity index (χ1n) is 7.18. The highest BCUT2D eigenvalue weighted by molar-refractivity contribution is 5.85. The van der Waals surface area contributed by atoms with Crippen molar-refractivity contribution in [2.45, 2.75) is 44.7 Å². The molecule has 2 atom stereocenters. The summed E-state index contributed by atoms with van der Waals surface area (Å²) in [5, 5.41) is 0. The third kappa shape index (κ3) is 4.42. The van der Waals surface area contributed by atoms with Crippen LogP contribution >= 0.6 is 12.4 Å². The number of hydrogen-bond acceptors (Lipinski definition) is 2. The Morgan fingerprint density at radius 3 is 2.57 bits per heavy atom. The summed E-state index contributed by atoms with van der Waals surface area (Å²) in [7, 11) is 1.79. The van der Waals surface area contributed by atoms with Gasteiger partial charge in [-0.05, 0) is 37.5 Å². The van der Waals surface area contributed by atoms with Crippen LogP contribution < -0.4 is 5.73 Å². The fraction of sp³-hybridized carbons (Fsp3) is 0.562. The van der Waals surface area contributed by atoms with Gasteiger partial charge >= 0.3 is 0 Å². The fourth-order valence-electron chi connectivity index (χ4n) is 2.97. The summed E-state index contributed by atoms with van der Waals surface area (Å²) in [6, 6.07) is 6.26. The third-order valence-corrected chi connectivity index (χ3v) is 4.26. The molecule has 1 aromatic rings. The number of halogens is 2. The summed E-state index contributed by atoms with van der Waals surface area (Å²) in [6.45, 7) is 2.46. The molecule has 1 aromatic carbocycles. The maximum atomic E-state index is 12.9. The number of nitrogens with zero attached hydrogens (tertiary/aromatic N) is 1. The first kappa shape index (κ1) is 17.9. The van der Waals surface area contributed by atoms with Gasteiger partial charge in [-0.2, -0.15) is 0 Å². The van der Waals surface area contributed by atoms with Gasteiger partial charge in [0, 0.05) is 19.1 Å². The highest BCUT2D eigenvalue weighted by Crippen LogP contribution is 2.32. The van der Waals surface area contributed by atoms with Crippen molar-refractivity contribution in [3.63, 3.8) is 0 Å². The van der Waals surface area contributed by atoms with Crippen molar-refractivity contribution in [3.05, 3.63) is 35.6 Å². The lowest BCUT2D eigenvalue weighted by Gasteiger charge is -2.39. The first-order valence-corrected chi connectivity index (χ1v) is 7.18. The smallest absolute Gasteiger partial charge is 0.227 e. The molecule has 2 N–H and O–H groups in total. The van der Waals surface area contributed by atoms with E-state index in [2.05, 4.69) is 0 Å². The molecule has 0 saturated heterocycles. The SMILES string of the molecule is CN(Cc1ccc(F)cc1)C(=O)C1CCCCC1(C)N.Cl. The predicted molar refractivity (Wildman–Crippen MR) is 84.7 cm³/mol. The van der Waals surface area contributed by atoms with Gasteiger partial charge in [-0.15, -0.1) is 12.4 Å². The monoisotopic (exact) mass is 314 g/mol. The Labute approximate surface area is 132 Å². The normalized spacial score (nSPS) is 25.0. The summed E-state index contributed by atoms with van der Waals surface area (Å²) in [5.74, 6) is -0.273. The Morgan fingerprint density at radius 1 is 1.38 bits per heavy atom. The molecule has 1 amide bonds. The number of hydrogen-bond donors (Lipinski definition) is 1. The highest BCUT2D eigenvalue weighted by atomic mass is 35.5. The molecule has 0 aromatic heterocycles. The van der Waals surface area contributed by atoms with Gasteiger partial charge in [0.25, 0.3) is 0 Å². The van der Waals surface area contributed by atoms with Gasteiger partial charge in [-0.1, -0.05) is 25.0 Å². The molecule has 0 bridgehead atoms. The average Bonchev–Trinajstić information content (AvgIpc) is 2.40. The number of carbonyl (C=O) groups is 1. The van der Waals surface area contributed by atoms with E-state index in [0.29, 0.717) is 6.54 Å². The van der Waals surface area contributed by atoms with Gasteiger partial charge in [0.15, 0.2) is 0 Å². The Hall–Kier alpha value is -1.13. The Kier molecular flexibility index (Phi) is 6.17. The van der Waals surface area contributed by atoms with Crippen molar-refractivity contribution in [3.8, 4) is 0 Å². The average molecular weight is 315 g/mol. The summed E-state index contributed by atoms with van der Waals surface area (Å²) in [6.07, 6.45) is 3.92. The molecule has 1 aliphatic rings. The van der Waals surface area contributed by atoms with Gasteiger partial charge in [-0.3, -0.25) is 4.79 Å². The van der Waals surface area contributed by atoms with Gasteiger partial charge in [0.1, 0.15) is 5.82 Å². The summed E-state index contributed by atoms with van der Waals surface area (Å²) in [4.78, 5) is 14.3. The van der Waals surface area contributed by atoms with E-state index in [4.69, 9.17) is 5.73 Å². The number of nitrogens with two attached hydrogens (primary N) is 1. The molecular weight excluding hydrogens is 291 g/mol. The highest BCUT2D eigenvalue weighted by Gasteiger charge is 2.38. The summed E-state index contributed by atoms with van der Waals surface area (Å²) in [5.41, 5.74) is 6.79. The third-order valence-electron chi connectivity index (χ3n) is 4.26. The molecule has 2 unspecified atom stereocenters. The fourth-order valence-corrected chi connectivity index (χ4v) is 2.97. The lowest BCUT2D eigenvalue weighted by Crippen LogP contribution is -2.53. The number of benzene rings is 1. The van der Waals surface area contributed by atoms with Crippen LogP contribution in [0.2, 0.25) is 0 Å². The van der Waals surface area contributed by atoms with Crippen molar-refractivity contribution < 1.29 is 9.18 Å². The number of rotatable bonds is 3. The predicted octanol–water partition coefficient (Wildman–Crippen LogP) is 3.11. The van der Waals surface area contributed by atoms with Gasteiger partial charge < -0.3 is 10.6 Å². The molecule has 0 radical (unpaired) electrons. The van der Waals surface area contributed by atoms with Crippen molar-refractivity contribution in [2.75, 3.05) is 7.05 Å². The first-order chi connectivity index (χ1) is 9.40. The van der Waals surface area contributed by atoms with Gasteiger partial charge in [0.2, 0.25) is 5.91 Å². The van der Waals surface area contributed by atoms with E-state index >= 15 is 0 Å². The largest absolute Gasteiger partial charge is 0.341 e. The maximum Gasteiger partial charge on any atom is 0.227 e. The standard InChI is InChI=1S/C16H23FN2O.ClH/c1-16(18)10-4-3-5-14(16)15(20)19(2)11-12-6-8-13(17)9-7-12;/h6-9,14H,3-5,10-11,18H2,1-2H3;1H. The minimum atomic E-state index is -0.410. The Bertz CT molecular complexity index is 476. The molecule has 118 valence electrons. The zero-order valence-electron chi connectivity index (χ0n) is 12.6. The minimum Gasteiger partial charge on any atom is -0.341 e. The molecule has 1 fully saturated rings. The van der Waals surface area contributed by atoms with Crippen molar-refractivity contribution in [1.29, 1.82) is 0 Å². The summed E-state index contributed by atoms with van der Waals surface area (Å²) >= 11 is 0. The Morgan fingerprint density at radius 2 is 2.00 bits per heavy atom. The Balaban J connectivity index is 0.00000220. The van der Waals surface area contributed by atoms with Crippen LogP contribution in [-0.4, -0.2) is 23.4 Å². The van der Waals surface area contributed by atoms with Gasteiger partial charge in [0.05, 0.1) is 5.92 Å². The zero-order chi connectivity index (χ0) is 14.8. The number of amides is 1.